The number of ether oxygens (including phenoxy) is 1. The number of benzene rings is 1. The quantitative estimate of drug-likeness (QED) is 0.521. The Morgan fingerprint density at radius 3 is 2.87 bits per heavy atom. The van der Waals surface area contributed by atoms with Gasteiger partial charge in [0, 0.05) is 12.5 Å². The van der Waals surface area contributed by atoms with E-state index in [-0.39, 0.29) is 11.5 Å². The second-order valence-electron chi connectivity index (χ2n) is 2.83. The summed E-state index contributed by atoms with van der Waals surface area (Å²) in [6.07, 6.45) is 0.625. The molecule has 0 aromatic heterocycles. The maximum Gasteiger partial charge on any atom is 0.156 e. The van der Waals surface area contributed by atoms with Gasteiger partial charge in [-0.25, -0.2) is 4.39 Å². The fraction of sp³-hybridized carbons (Fsp3) is 0.273. The third-order valence-corrected chi connectivity index (χ3v) is 2.28. The van der Waals surface area contributed by atoms with Crippen LogP contribution in [-0.4, -0.2) is 6.61 Å². The van der Waals surface area contributed by atoms with Crippen LogP contribution in [0.15, 0.2) is 16.6 Å². The number of rotatable bonds is 3. The molecule has 0 spiro atoms. The summed E-state index contributed by atoms with van der Waals surface area (Å²) in [5.41, 5.74) is 5.89. The maximum atomic E-state index is 12.9. The summed E-state index contributed by atoms with van der Waals surface area (Å²) < 4.78 is 18.8. The van der Waals surface area contributed by atoms with Gasteiger partial charge in [-0.05, 0) is 28.9 Å². The van der Waals surface area contributed by atoms with Crippen molar-refractivity contribution in [2.75, 3.05) is 12.3 Å². The van der Waals surface area contributed by atoms with Gasteiger partial charge in [0.15, 0.2) is 5.75 Å². The molecule has 0 radical (unpaired) electrons. The predicted molar refractivity (Wildman–Crippen MR) is 62.1 cm³/mol. The number of nitrogen functional groups attached to an aromatic ring is 1. The Hall–Kier alpha value is -1.21. The average molecular weight is 272 g/mol. The number of anilines is 1. The standard InChI is InChI=1S/C11H11BrFNO/c1-2-3-4-5-15-11-9(12)6-8(13)7-10(11)14/h6-7H,4-5,14H2,1H3. The van der Waals surface area contributed by atoms with E-state index in [2.05, 4.69) is 27.8 Å². The summed E-state index contributed by atoms with van der Waals surface area (Å²) in [7, 11) is 0. The Bertz CT molecular complexity index is 386. The maximum absolute atomic E-state index is 12.9. The smallest absolute Gasteiger partial charge is 0.156 e. The monoisotopic (exact) mass is 271 g/mol. The number of nitrogens with two attached hydrogens (primary N) is 1. The molecule has 1 aromatic rings. The molecule has 0 aliphatic carbocycles. The van der Waals surface area contributed by atoms with E-state index in [4.69, 9.17) is 10.5 Å². The van der Waals surface area contributed by atoms with Crippen molar-refractivity contribution in [2.24, 2.45) is 0 Å². The molecule has 2 N–H and O–H groups in total. The molecule has 0 atom stereocenters. The Labute approximate surface area is 96.7 Å². The van der Waals surface area contributed by atoms with E-state index in [1.807, 2.05) is 0 Å². The number of hydrogen-bond acceptors (Lipinski definition) is 2. The first-order valence-corrected chi connectivity index (χ1v) is 5.21. The molecule has 0 saturated carbocycles. The van der Waals surface area contributed by atoms with E-state index < -0.39 is 0 Å². The molecule has 1 aromatic carbocycles. The molecule has 0 bridgehead atoms. The van der Waals surface area contributed by atoms with E-state index in [1.54, 1.807) is 6.92 Å². The number of halogens is 2. The van der Waals surface area contributed by atoms with Crippen LogP contribution in [0.2, 0.25) is 0 Å². The zero-order valence-electron chi connectivity index (χ0n) is 8.31. The van der Waals surface area contributed by atoms with E-state index in [9.17, 15) is 4.39 Å². The second kappa shape index (κ2) is 5.62. The minimum atomic E-state index is -0.389. The van der Waals surface area contributed by atoms with Crippen molar-refractivity contribution in [2.45, 2.75) is 13.3 Å². The highest BCUT2D eigenvalue weighted by atomic mass is 79.9. The first-order chi connectivity index (χ1) is 7.15. The van der Waals surface area contributed by atoms with Crippen LogP contribution in [0, 0.1) is 17.7 Å². The van der Waals surface area contributed by atoms with E-state index in [0.29, 0.717) is 23.2 Å². The SMILES string of the molecule is CC#CCCOc1c(N)cc(F)cc1Br. The van der Waals surface area contributed by atoms with Gasteiger partial charge >= 0.3 is 0 Å². The van der Waals surface area contributed by atoms with Crippen molar-refractivity contribution in [1.29, 1.82) is 0 Å². The third kappa shape index (κ3) is 3.45. The highest BCUT2D eigenvalue weighted by molar-refractivity contribution is 9.10. The normalized spacial score (nSPS) is 9.27. The van der Waals surface area contributed by atoms with Gasteiger partial charge in [0.05, 0.1) is 16.8 Å². The van der Waals surface area contributed by atoms with Gasteiger partial charge in [-0.15, -0.1) is 11.8 Å². The van der Waals surface area contributed by atoms with Crippen molar-refractivity contribution in [3.05, 3.63) is 22.4 Å². The topological polar surface area (TPSA) is 35.2 Å². The van der Waals surface area contributed by atoms with Gasteiger partial charge in [0.2, 0.25) is 0 Å². The van der Waals surface area contributed by atoms with Crippen LogP contribution < -0.4 is 10.5 Å². The molecule has 0 heterocycles. The Morgan fingerprint density at radius 1 is 1.53 bits per heavy atom. The Balaban J connectivity index is 2.71. The third-order valence-electron chi connectivity index (χ3n) is 1.69. The molecular weight excluding hydrogens is 261 g/mol. The van der Waals surface area contributed by atoms with Crippen LogP contribution in [0.4, 0.5) is 10.1 Å². The van der Waals surface area contributed by atoms with Crippen molar-refractivity contribution in [3.8, 4) is 17.6 Å². The molecule has 0 amide bonds. The van der Waals surface area contributed by atoms with Crippen molar-refractivity contribution in [1.82, 2.24) is 0 Å². The Morgan fingerprint density at radius 2 is 2.27 bits per heavy atom. The fourth-order valence-corrected chi connectivity index (χ4v) is 1.62. The molecular formula is C11H11BrFNO. The van der Waals surface area contributed by atoms with Gasteiger partial charge in [-0.3, -0.25) is 0 Å². The van der Waals surface area contributed by atoms with Crippen LogP contribution in [0.5, 0.6) is 5.75 Å². The first-order valence-electron chi connectivity index (χ1n) is 4.42. The average Bonchev–Trinajstić information content (AvgIpc) is 2.15. The van der Waals surface area contributed by atoms with Gasteiger partial charge in [0.1, 0.15) is 5.82 Å². The van der Waals surface area contributed by atoms with Gasteiger partial charge in [-0.2, -0.15) is 0 Å². The zero-order chi connectivity index (χ0) is 11.3. The van der Waals surface area contributed by atoms with Gasteiger partial charge in [-0.1, -0.05) is 0 Å². The van der Waals surface area contributed by atoms with Crippen LogP contribution in [-0.2, 0) is 0 Å². The largest absolute Gasteiger partial charge is 0.489 e. The first kappa shape index (κ1) is 11.9. The van der Waals surface area contributed by atoms with Crippen LogP contribution in [0.1, 0.15) is 13.3 Å². The summed E-state index contributed by atoms with van der Waals surface area (Å²) >= 11 is 3.19. The summed E-state index contributed by atoms with van der Waals surface area (Å²) in [5, 5.41) is 0. The molecule has 0 saturated heterocycles. The van der Waals surface area contributed by atoms with Crippen LogP contribution >= 0.6 is 15.9 Å². The van der Waals surface area contributed by atoms with Crippen LogP contribution in [0.3, 0.4) is 0 Å². The van der Waals surface area contributed by atoms with Gasteiger partial charge < -0.3 is 10.5 Å². The van der Waals surface area contributed by atoms with Crippen molar-refractivity contribution >= 4 is 21.6 Å². The van der Waals surface area contributed by atoms with E-state index >= 15 is 0 Å². The van der Waals surface area contributed by atoms with Crippen LogP contribution in [0.25, 0.3) is 0 Å². The lowest BCUT2D eigenvalue weighted by Crippen LogP contribution is -2.01. The summed E-state index contributed by atoms with van der Waals surface area (Å²) in [6, 6.07) is 2.54. The molecule has 0 fully saturated rings. The summed E-state index contributed by atoms with van der Waals surface area (Å²) in [4.78, 5) is 0. The molecule has 0 aliphatic heterocycles. The minimum absolute atomic E-state index is 0.284. The molecule has 2 nitrogen and oxygen atoms in total. The lowest BCUT2D eigenvalue weighted by Gasteiger charge is -2.09. The highest BCUT2D eigenvalue weighted by Gasteiger charge is 2.07. The second-order valence-corrected chi connectivity index (χ2v) is 3.69. The number of hydrogen-bond donors (Lipinski definition) is 1. The van der Waals surface area contributed by atoms with E-state index in [0.717, 1.165) is 0 Å². The van der Waals surface area contributed by atoms with Crippen molar-refractivity contribution < 1.29 is 9.13 Å². The van der Waals surface area contributed by atoms with E-state index in [1.165, 1.54) is 12.1 Å². The lowest BCUT2D eigenvalue weighted by atomic mass is 10.3. The molecule has 0 unspecified atom stereocenters. The fourth-order valence-electron chi connectivity index (χ4n) is 1.06. The molecule has 1 rings (SSSR count). The van der Waals surface area contributed by atoms with Gasteiger partial charge in [0.25, 0.3) is 0 Å². The van der Waals surface area contributed by atoms with Crippen molar-refractivity contribution in [3.63, 3.8) is 0 Å². The Kier molecular flexibility index (Phi) is 4.44. The highest BCUT2D eigenvalue weighted by Crippen LogP contribution is 2.32. The molecule has 80 valence electrons. The summed E-state index contributed by atoms with van der Waals surface area (Å²) in [6.45, 7) is 2.21. The molecule has 4 heteroatoms. The minimum Gasteiger partial charge on any atom is -0.489 e. The zero-order valence-corrected chi connectivity index (χ0v) is 9.90. The lowest BCUT2D eigenvalue weighted by molar-refractivity contribution is 0.326. The molecule has 15 heavy (non-hydrogen) atoms. The summed E-state index contributed by atoms with van der Waals surface area (Å²) in [5.74, 6) is 5.70. The molecule has 0 aliphatic rings. The predicted octanol–water partition coefficient (Wildman–Crippen LogP) is 2.96.